The van der Waals surface area contributed by atoms with Gasteiger partial charge in [-0.2, -0.15) is 0 Å². The van der Waals surface area contributed by atoms with Gasteiger partial charge in [-0.25, -0.2) is 4.79 Å². The number of nitrogens with zero attached hydrogens (tertiary/aromatic N) is 4. The van der Waals surface area contributed by atoms with Gasteiger partial charge < -0.3 is 14.7 Å². The van der Waals surface area contributed by atoms with E-state index in [4.69, 9.17) is 10.3 Å². The summed E-state index contributed by atoms with van der Waals surface area (Å²) in [5, 5.41) is 12.8. The molecule has 0 spiro atoms. The van der Waals surface area contributed by atoms with Crippen LogP contribution in [0.5, 0.6) is 5.75 Å². The summed E-state index contributed by atoms with van der Waals surface area (Å²) < 4.78 is 4.80. The predicted octanol–water partition coefficient (Wildman–Crippen LogP) is 1.77. The van der Waals surface area contributed by atoms with E-state index < -0.39 is 12.0 Å². The Labute approximate surface area is 126 Å². The van der Waals surface area contributed by atoms with E-state index >= 15 is 0 Å². The fraction of sp³-hybridized carbons (Fsp3) is 0.429. The van der Waals surface area contributed by atoms with Gasteiger partial charge in [0.25, 0.3) is 0 Å². The van der Waals surface area contributed by atoms with E-state index in [1.54, 1.807) is 12.1 Å². The third kappa shape index (κ3) is 3.29. The summed E-state index contributed by atoms with van der Waals surface area (Å²) in [4.78, 5) is 28.4. The van der Waals surface area contributed by atoms with Crippen LogP contribution < -0.4 is 0 Å². The van der Waals surface area contributed by atoms with E-state index in [0.29, 0.717) is 12.1 Å². The number of hydrogen-bond acceptors (Lipinski definition) is 5. The van der Waals surface area contributed by atoms with Gasteiger partial charge >= 0.3 is 5.97 Å². The molecule has 1 aliphatic rings. The lowest BCUT2D eigenvalue weighted by Crippen LogP contribution is -2.36. The second kappa shape index (κ2) is 6.82. The van der Waals surface area contributed by atoms with Crippen LogP contribution in [0, 0.1) is 5.92 Å². The number of phenols is 1. The molecule has 8 nitrogen and oxygen atoms in total. The molecule has 1 aliphatic heterocycles. The van der Waals surface area contributed by atoms with Gasteiger partial charge in [0, 0.05) is 24.4 Å². The van der Waals surface area contributed by atoms with Crippen molar-refractivity contribution >= 4 is 11.9 Å². The molecule has 0 saturated carbocycles. The van der Waals surface area contributed by atoms with E-state index in [1.807, 2.05) is 0 Å². The number of methoxy groups -OCH3 is 1. The molecule has 1 N–H and O–H groups in total. The first-order valence-electron chi connectivity index (χ1n) is 6.74. The Morgan fingerprint density at radius 1 is 1.55 bits per heavy atom. The molecular formula is C14H16N4O4. The first-order chi connectivity index (χ1) is 10.6. The number of hydrogen-bond donors (Lipinski definition) is 1. The predicted molar refractivity (Wildman–Crippen MR) is 76.7 cm³/mol. The Balaban J connectivity index is 2.26. The molecule has 1 unspecified atom stereocenters. The van der Waals surface area contributed by atoms with E-state index in [9.17, 15) is 14.7 Å². The van der Waals surface area contributed by atoms with Crippen molar-refractivity contribution in [1.82, 2.24) is 4.90 Å². The maximum Gasteiger partial charge on any atom is 0.333 e. The summed E-state index contributed by atoms with van der Waals surface area (Å²) in [6, 6.07) is 5.18. The molecule has 0 aromatic heterocycles. The van der Waals surface area contributed by atoms with Gasteiger partial charge in [0.15, 0.2) is 6.04 Å². The van der Waals surface area contributed by atoms with Crippen molar-refractivity contribution in [3.8, 4) is 5.75 Å². The molecule has 2 rings (SSSR count). The van der Waals surface area contributed by atoms with Crippen LogP contribution in [0.4, 0.5) is 0 Å². The lowest BCUT2D eigenvalue weighted by molar-refractivity contribution is -0.151. The summed E-state index contributed by atoms with van der Waals surface area (Å²) in [5.74, 6) is -0.792. The average molecular weight is 304 g/mol. The Bertz CT molecular complexity index is 610. The normalized spacial score (nSPS) is 18.7. The Kier molecular flexibility index (Phi) is 4.85. The van der Waals surface area contributed by atoms with Crippen LogP contribution in [-0.4, -0.2) is 42.1 Å². The number of carbonyl (C=O) groups excluding carboxylic acids is 2. The van der Waals surface area contributed by atoms with E-state index in [1.165, 1.54) is 24.1 Å². The summed E-state index contributed by atoms with van der Waals surface area (Å²) in [6.45, 7) is 0.528. The standard InChI is InChI=1S/C14H16N4O4/c1-22-14(21)13(10-2-4-11(19)5-3-10)18-8-9(6-12(18)20)7-16-17-15/h2-5,9,13,19H,6-8H2,1H3/t9?,13-/m1/s1. The van der Waals surface area contributed by atoms with Gasteiger partial charge in [0.2, 0.25) is 5.91 Å². The number of ether oxygens (including phenoxy) is 1. The van der Waals surface area contributed by atoms with Gasteiger partial charge in [-0.05, 0) is 29.1 Å². The molecule has 1 fully saturated rings. The molecule has 22 heavy (non-hydrogen) atoms. The lowest BCUT2D eigenvalue weighted by Gasteiger charge is -2.26. The molecule has 2 atom stereocenters. The van der Waals surface area contributed by atoms with Crippen LogP contribution in [0.25, 0.3) is 10.4 Å². The van der Waals surface area contributed by atoms with Crippen LogP contribution in [0.1, 0.15) is 18.0 Å². The first-order valence-corrected chi connectivity index (χ1v) is 6.74. The number of likely N-dealkylation sites (tertiary alicyclic amines) is 1. The Hall–Kier alpha value is -2.73. The molecule has 1 heterocycles. The number of aromatic hydroxyl groups is 1. The van der Waals surface area contributed by atoms with Crippen molar-refractivity contribution in [1.29, 1.82) is 0 Å². The largest absolute Gasteiger partial charge is 0.508 e. The minimum Gasteiger partial charge on any atom is -0.508 e. The van der Waals surface area contributed by atoms with E-state index in [0.717, 1.165) is 0 Å². The van der Waals surface area contributed by atoms with Crippen molar-refractivity contribution < 1.29 is 19.4 Å². The highest BCUT2D eigenvalue weighted by Crippen LogP contribution is 2.30. The number of amides is 1. The molecule has 1 amide bonds. The number of esters is 1. The van der Waals surface area contributed by atoms with Crippen LogP contribution in [0.15, 0.2) is 29.4 Å². The smallest absolute Gasteiger partial charge is 0.333 e. The zero-order valence-corrected chi connectivity index (χ0v) is 12.0. The molecule has 0 aliphatic carbocycles. The average Bonchev–Trinajstić information content (AvgIpc) is 2.88. The first kappa shape index (κ1) is 15.7. The second-order valence-electron chi connectivity index (χ2n) is 5.05. The molecule has 0 radical (unpaired) electrons. The molecule has 8 heteroatoms. The number of benzene rings is 1. The Morgan fingerprint density at radius 2 is 2.23 bits per heavy atom. The quantitative estimate of drug-likeness (QED) is 0.386. The van der Waals surface area contributed by atoms with E-state index in [2.05, 4.69) is 10.0 Å². The zero-order chi connectivity index (χ0) is 16.1. The maximum atomic E-state index is 12.2. The summed E-state index contributed by atoms with van der Waals surface area (Å²) in [6.07, 6.45) is 0.227. The highest BCUT2D eigenvalue weighted by atomic mass is 16.5. The summed E-state index contributed by atoms with van der Waals surface area (Å²) >= 11 is 0. The van der Waals surface area contributed by atoms with Gasteiger partial charge in [-0.1, -0.05) is 17.2 Å². The van der Waals surface area contributed by atoms with Gasteiger partial charge in [0.1, 0.15) is 5.75 Å². The van der Waals surface area contributed by atoms with Gasteiger partial charge in [0.05, 0.1) is 7.11 Å². The SMILES string of the molecule is COC(=O)[C@@H](c1ccc(O)cc1)N1CC(CN=[N+]=[N-])CC1=O. The van der Waals surface area contributed by atoms with Crippen LogP contribution >= 0.6 is 0 Å². The van der Waals surface area contributed by atoms with Crippen LogP contribution in [-0.2, 0) is 14.3 Å². The number of azide groups is 1. The van der Waals surface area contributed by atoms with Crippen LogP contribution in [0.3, 0.4) is 0 Å². The highest BCUT2D eigenvalue weighted by Gasteiger charge is 2.38. The number of rotatable bonds is 5. The molecule has 116 valence electrons. The molecular weight excluding hydrogens is 288 g/mol. The van der Waals surface area contributed by atoms with E-state index in [-0.39, 0.29) is 30.5 Å². The number of carbonyl (C=O) groups is 2. The molecule has 1 aromatic carbocycles. The van der Waals surface area contributed by atoms with Crippen molar-refractivity contribution in [2.45, 2.75) is 12.5 Å². The monoisotopic (exact) mass is 304 g/mol. The fourth-order valence-corrected chi connectivity index (χ4v) is 2.54. The third-order valence-electron chi connectivity index (χ3n) is 3.59. The topological polar surface area (TPSA) is 116 Å². The van der Waals surface area contributed by atoms with Crippen molar-refractivity contribution in [2.24, 2.45) is 11.0 Å². The third-order valence-corrected chi connectivity index (χ3v) is 3.59. The molecule has 1 aromatic rings. The van der Waals surface area contributed by atoms with Crippen molar-refractivity contribution in [3.05, 3.63) is 40.3 Å². The van der Waals surface area contributed by atoms with Gasteiger partial charge in [-0.15, -0.1) is 0 Å². The zero-order valence-electron chi connectivity index (χ0n) is 12.0. The minimum atomic E-state index is -0.867. The highest BCUT2D eigenvalue weighted by molar-refractivity contribution is 5.87. The lowest BCUT2D eigenvalue weighted by atomic mass is 10.1. The van der Waals surface area contributed by atoms with Crippen molar-refractivity contribution in [3.63, 3.8) is 0 Å². The molecule has 0 bridgehead atoms. The second-order valence-corrected chi connectivity index (χ2v) is 5.05. The molecule has 1 saturated heterocycles. The Morgan fingerprint density at radius 3 is 2.82 bits per heavy atom. The van der Waals surface area contributed by atoms with Crippen molar-refractivity contribution in [2.75, 3.05) is 20.2 Å². The van der Waals surface area contributed by atoms with Gasteiger partial charge in [-0.3, -0.25) is 4.79 Å². The maximum absolute atomic E-state index is 12.2. The number of phenolic OH excluding ortho intramolecular Hbond substituents is 1. The minimum absolute atomic E-state index is 0.0707. The fourth-order valence-electron chi connectivity index (χ4n) is 2.54. The summed E-state index contributed by atoms with van der Waals surface area (Å²) in [5.41, 5.74) is 8.92. The van der Waals surface area contributed by atoms with Crippen LogP contribution in [0.2, 0.25) is 0 Å². The summed E-state index contributed by atoms with van der Waals surface area (Å²) in [7, 11) is 1.26.